The molecule has 4 nitrogen and oxygen atoms in total. The van der Waals surface area contributed by atoms with Crippen molar-refractivity contribution in [1.82, 2.24) is 9.55 Å². The normalized spacial score (nSPS) is 16.9. The summed E-state index contributed by atoms with van der Waals surface area (Å²) >= 11 is 0. The van der Waals surface area contributed by atoms with Crippen LogP contribution in [0.2, 0.25) is 0 Å². The molecule has 2 aromatic carbocycles. The molecule has 4 heteroatoms. The second kappa shape index (κ2) is 6.08. The van der Waals surface area contributed by atoms with E-state index >= 15 is 0 Å². The van der Waals surface area contributed by atoms with Crippen LogP contribution >= 0.6 is 0 Å². The van der Waals surface area contributed by atoms with Crippen molar-refractivity contribution in [3.63, 3.8) is 0 Å². The summed E-state index contributed by atoms with van der Waals surface area (Å²) in [4.78, 5) is 8.73. The second-order valence-corrected chi connectivity index (χ2v) is 5.60. The Balaban J connectivity index is 1.50. The summed E-state index contributed by atoms with van der Waals surface area (Å²) in [5.74, 6) is 0.731. The lowest BCUT2D eigenvalue weighted by molar-refractivity contribution is 0.306. The van der Waals surface area contributed by atoms with Gasteiger partial charge >= 0.3 is 0 Å². The van der Waals surface area contributed by atoms with Gasteiger partial charge in [-0.3, -0.25) is 0 Å². The van der Waals surface area contributed by atoms with Gasteiger partial charge in [0.05, 0.1) is 6.33 Å². The minimum atomic E-state index is 0.146. The average molecular weight is 303 g/mol. The third-order valence-electron chi connectivity index (χ3n) is 3.93. The predicted octanol–water partition coefficient (Wildman–Crippen LogP) is 3.40. The number of hydrogen-bond donors (Lipinski definition) is 0. The van der Waals surface area contributed by atoms with E-state index in [0.29, 0.717) is 6.61 Å². The third kappa shape index (κ3) is 3.01. The van der Waals surface area contributed by atoms with Crippen LogP contribution in [0.15, 0.2) is 78.3 Å². The smallest absolute Gasteiger partial charge is 0.216 e. The van der Waals surface area contributed by atoms with Gasteiger partial charge in [-0.1, -0.05) is 42.5 Å². The number of hydrogen-bond acceptors (Lipinski definition) is 3. The first-order valence-electron chi connectivity index (χ1n) is 7.71. The maximum Gasteiger partial charge on any atom is 0.216 e. The topological polar surface area (TPSA) is 39.4 Å². The highest BCUT2D eigenvalue weighted by atomic mass is 16.5. The van der Waals surface area contributed by atoms with E-state index in [-0.39, 0.29) is 6.04 Å². The van der Waals surface area contributed by atoms with E-state index in [1.54, 1.807) is 6.20 Å². The minimum Gasteiger partial charge on any atom is -0.475 e. The first-order chi connectivity index (χ1) is 11.4. The summed E-state index contributed by atoms with van der Waals surface area (Å²) in [5.41, 5.74) is 3.44. The molecule has 0 N–H and O–H groups in total. The first kappa shape index (κ1) is 13.8. The summed E-state index contributed by atoms with van der Waals surface area (Å²) in [5, 5.41) is 0. The maximum atomic E-state index is 5.76. The van der Waals surface area contributed by atoms with E-state index < -0.39 is 0 Å². The molecule has 1 aliphatic heterocycles. The number of aliphatic imine (C=N–C) groups is 1. The van der Waals surface area contributed by atoms with Crippen molar-refractivity contribution in [3.8, 4) is 11.1 Å². The molecule has 1 aromatic heterocycles. The Morgan fingerprint density at radius 2 is 1.70 bits per heavy atom. The highest BCUT2D eigenvalue weighted by Gasteiger charge is 2.20. The fourth-order valence-electron chi connectivity index (χ4n) is 2.74. The van der Waals surface area contributed by atoms with Crippen molar-refractivity contribution in [3.05, 3.63) is 78.9 Å². The first-order valence-corrected chi connectivity index (χ1v) is 7.71. The highest BCUT2D eigenvalue weighted by molar-refractivity contribution is 5.95. The van der Waals surface area contributed by atoms with Crippen LogP contribution in [0.1, 0.15) is 5.56 Å². The molecule has 0 saturated heterocycles. The molecule has 0 spiro atoms. The van der Waals surface area contributed by atoms with Gasteiger partial charge in [-0.25, -0.2) is 9.98 Å². The summed E-state index contributed by atoms with van der Waals surface area (Å²) < 4.78 is 7.79. The molecule has 0 aliphatic carbocycles. The van der Waals surface area contributed by atoms with Crippen molar-refractivity contribution in [1.29, 1.82) is 0 Å². The lowest BCUT2D eigenvalue weighted by Gasteiger charge is -2.04. The molecule has 0 amide bonds. The summed E-state index contributed by atoms with van der Waals surface area (Å²) in [6.07, 6.45) is 5.53. The van der Waals surface area contributed by atoms with Crippen LogP contribution in [-0.4, -0.2) is 28.1 Å². The third-order valence-corrected chi connectivity index (χ3v) is 3.93. The number of rotatable bonds is 4. The molecular formula is C19H17N3O. The van der Waals surface area contributed by atoms with Crippen LogP contribution in [-0.2, 0) is 11.3 Å². The Hall–Kier alpha value is -2.88. The molecule has 114 valence electrons. The molecule has 3 aromatic rings. The van der Waals surface area contributed by atoms with Crippen molar-refractivity contribution in [2.24, 2.45) is 4.99 Å². The Morgan fingerprint density at radius 1 is 0.957 bits per heavy atom. The summed E-state index contributed by atoms with van der Waals surface area (Å²) in [6, 6.07) is 18.9. The largest absolute Gasteiger partial charge is 0.475 e. The number of nitrogens with zero attached hydrogens (tertiary/aromatic N) is 3. The molecule has 0 radical (unpaired) electrons. The zero-order chi connectivity index (χ0) is 15.5. The van der Waals surface area contributed by atoms with Gasteiger partial charge in [0.25, 0.3) is 0 Å². The van der Waals surface area contributed by atoms with Crippen molar-refractivity contribution in [2.75, 3.05) is 6.61 Å². The zero-order valence-electron chi connectivity index (χ0n) is 12.7. The molecular weight excluding hydrogens is 286 g/mol. The molecule has 1 aliphatic rings. The Morgan fingerprint density at radius 3 is 2.43 bits per heavy atom. The molecule has 0 unspecified atom stereocenters. The Labute approximate surface area is 135 Å². The molecule has 23 heavy (non-hydrogen) atoms. The Kier molecular flexibility index (Phi) is 3.64. The van der Waals surface area contributed by atoms with Gasteiger partial charge in [0.15, 0.2) is 0 Å². The van der Waals surface area contributed by atoms with Gasteiger partial charge in [0.1, 0.15) is 12.6 Å². The van der Waals surface area contributed by atoms with E-state index in [0.717, 1.165) is 18.0 Å². The van der Waals surface area contributed by atoms with E-state index in [1.807, 2.05) is 35.3 Å². The van der Waals surface area contributed by atoms with Crippen LogP contribution in [0.4, 0.5) is 0 Å². The van der Waals surface area contributed by atoms with Crippen LogP contribution in [0.3, 0.4) is 0 Å². The molecule has 0 fully saturated rings. The second-order valence-electron chi connectivity index (χ2n) is 5.60. The van der Waals surface area contributed by atoms with E-state index in [1.165, 1.54) is 11.1 Å². The number of benzene rings is 2. The van der Waals surface area contributed by atoms with Gasteiger partial charge in [0, 0.05) is 24.5 Å². The van der Waals surface area contributed by atoms with E-state index in [4.69, 9.17) is 4.74 Å². The van der Waals surface area contributed by atoms with E-state index in [9.17, 15) is 0 Å². The fourth-order valence-corrected chi connectivity index (χ4v) is 2.74. The van der Waals surface area contributed by atoms with Crippen LogP contribution in [0, 0.1) is 0 Å². The molecule has 0 bridgehead atoms. The standard InChI is InChI=1S/C19H17N3O/c1-2-4-15(5-3-1)16-6-8-17(9-7-16)19-21-18(13-23-19)12-22-11-10-20-14-22/h1-11,14,18H,12-13H2/t18-/m1/s1. The predicted molar refractivity (Wildman–Crippen MR) is 90.4 cm³/mol. The van der Waals surface area contributed by atoms with Crippen molar-refractivity contribution >= 4 is 5.90 Å². The fraction of sp³-hybridized carbons (Fsp3) is 0.158. The van der Waals surface area contributed by atoms with Gasteiger partial charge in [-0.15, -0.1) is 0 Å². The van der Waals surface area contributed by atoms with E-state index in [2.05, 4.69) is 46.4 Å². The van der Waals surface area contributed by atoms with Crippen LogP contribution in [0.5, 0.6) is 0 Å². The lowest BCUT2D eigenvalue weighted by atomic mass is 10.0. The molecule has 1 atom stereocenters. The minimum absolute atomic E-state index is 0.146. The number of ether oxygens (including phenoxy) is 1. The molecule has 0 saturated carbocycles. The summed E-state index contributed by atoms with van der Waals surface area (Å²) in [7, 11) is 0. The maximum absolute atomic E-state index is 5.76. The van der Waals surface area contributed by atoms with Gasteiger partial charge in [0.2, 0.25) is 5.90 Å². The van der Waals surface area contributed by atoms with Crippen molar-refractivity contribution in [2.45, 2.75) is 12.6 Å². The van der Waals surface area contributed by atoms with Gasteiger partial charge in [-0.2, -0.15) is 0 Å². The molecule has 4 rings (SSSR count). The van der Waals surface area contributed by atoms with Gasteiger partial charge < -0.3 is 9.30 Å². The van der Waals surface area contributed by atoms with Crippen molar-refractivity contribution < 1.29 is 4.74 Å². The van der Waals surface area contributed by atoms with Crippen LogP contribution < -0.4 is 0 Å². The SMILES string of the molecule is c1ccc(-c2ccc(C3=N[C@H](Cn4ccnc4)CO3)cc2)cc1. The highest BCUT2D eigenvalue weighted by Crippen LogP contribution is 2.21. The van der Waals surface area contributed by atoms with Gasteiger partial charge in [-0.05, 0) is 23.3 Å². The zero-order valence-corrected chi connectivity index (χ0v) is 12.7. The number of imidazole rings is 1. The number of aromatic nitrogens is 2. The lowest BCUT2D eigenvalue weighted by Crippen LogP contribution is -2.14. The quantitative estimate of drug-likeness (QED) is 0.741. The molecule has 2 heterocycles. The average Bonchev–Trinajstić information content (AvgIpc) is 3.28. The Bertz CT molecular complexity index is 792. The summed E-state index contributed by atoms with van der Waals surface area (Å²) in [6.45, 7) is 1.42. The monoisotopic (exact) mass is 303 g/mol. The van der Waals surface area contributed by atoms with Crippen LogP contribution in [0.25, 0.3) is 11.1 Å².